The van der Waals surface area contributed by atoms with Crippen molar-refractivity contribution in [1.82, 2.24) is 20.7 Å². The first kappa shape index (κ1) is 30.2. The summed E-state index contributed by atoms with van der Waals surface area (Å²) in [5.41, 5.74) is 0.953. The van der Waals surface area contributed by atoms with Crippen molar-refractivity contribution in [2.45, 2.75) is 58.9 Å². The number of hydrogen-bond donors (Lipinski definition) is 4. The molecule has 38 heavy (non-hydrogen) atoms. The van der Waals surface area contributed by atoms with Gasteiger partial charge in [-0.1, -0.05) is 39.2 Å². The predicted octanol–water partition coefficient (Wildman–Crippen LogP) is 3.47. The van der Waals surface area contributed by atoms with E-state index in [-0.39, 0.29) is 30.2 Å². The number of carboxylic acids is 1. The van der Waals surface area contributed by atoms with Crippen LogP contribution in [0.1, 0.15) is 73.7 Å². The van der Waals surface area contributed by atoms with Gasteiger partial charge in [-0.15, -0.1) is 0 Å². The third-order valence-electron chi connectivity index (χ3n) is 6.04. The van der Waals surface area contributed by atoms with Crippen LogP contribution in [0.2, 0.25) is 0 Å². The molecule has 1 heterocycles. The normalized spacial score (nSPS) is 12.2. The average Bonchev–Trinajstić information content (AvgIpc) is 2.92. The number of amides is 3. The van der Waals surface area contributed by atoms with E-state index >= 15 is 0 Å². The van der Waals surface area contributed by atoms with Crippen LogP contribution in [-0.4, -0.2) is 63.9 Å². The van der Waals surface area contributed by atoms with Crippen molar-refractivity contribution in [2.75, 3.05) is 13.3 Å². The van der Waals surface area contributed by atoms with Gasteiger partial charge in [-0.2, -0.15) is 0 Å². The molecule has 0 radical (unpaired) electrons. The number of nitrogens with one attached hydrogen (secondary N) is 2. The monoisotopic (exact) mass is 528 g/mol. The lowest BCUT2D eigenvalue weighted by molar-refractivity contribution is -0.168. The maximum Gasteiger partial charge on any atom is 0.335 e. The lowest BCUT2D eigenvalue weighted by Crippen LogP contribution is -2.47. The Morgan fingerprint density at radius 3 is 2.50 bits per heavy atom. The molecule has 2 unspecified atom stereocenters. The number of unbranched alkanes of at least 4 members (excludes halogenated alkanes) is 2. The second-order valence-electron chi connectivity index (χ2n) is 8.68. The molecule has 11 nitrogen and oxygen atoms in total. The standard InChI is InChI=1S/C27H36N4O7/c1-4-7-8-10-21(24(5-2)31(37)17-32)25(33)28-16-29-26(34)23-12-9-11-22(30-23)18-13-19(27(35)36)15-20(14-18)38-6-3/h9,11-15,17,21,24,37H,4-8,10,16H2,1-3H3,(H,28,33)(H,29,34)(H,35,36). The van der Waals surface area contributed by atoms with E-state index in [0.29, 0.717) is 41.5 Å². The Bertz CT molecular complexity index is 1110. The average molecular weight is 529 g/mol. The smallest absolute Gasteiger partial charge is 0.335 e. The first-order chi connectivity index (χ1) is 18.2. The van der Waals surface area contributed by atoms with Gasteiger partial charge in [-0.3, -0.25) is 19.6 Å². The number of nitrogens with zero attached hydrogens (tertiary/aromatic N) is 2. The van der Waals surface area contributed by atoms with Gasteiger partial charge in [-0.25, -0.2) is 14.8 Å². The van der Waals surface area contributed by atoms with Crippen LogP contribution in [0.4, 0.5) is 0 Å². The molecule has 1 aromatic carbocycles. The summed E-state index contributed by atoms with van der Waals surface area (Å²) in [7, 11) is 0. The minimum absolute atomic E-state index is 0.0280. The topological polar surface area (TPSA) is 158 Å². The minimum Gasteiger partial charge on any atom is -0.494 e. The second kappa shape index (κ2) is 15.3. The quantitative estimate of drug-likeness (QED) is 0.0848. The zero-order valence-corrected chi connectivity index (χ0v) is 22.0. The molecule has 3 amide bonds. The van der Waals surface area contributed by atoms with Crippen LogP contribution in [0.5, 0.6) is 5.75 Å². The highest BCUT2D eigenvalue weighted by Gasteiger charge is 2.30. The van der Waals surface area contributed by atoms with Gasteiger partial charge in [0.1, 0.15) is 11.4 Å². The van der Waals surface area contributed by atoms with Crippen LogP contribution < -0.4 is 15.4 Å². The number of hydroxylamine groups is 2. The minimum atomic E-state index is -1.12. The van der Waals surface area contributed by atoms with Gasteiger partial charge in [0.15, 0.2) is 0 Å². The largest absolute Gasteiger partial charge is 0.494 e. The molecule has 0 spiro atoms. The van der Waals surface area contributed by atoms with Crippen LogP contribution >= 0.6 is 0 Å². The van der Waals surface area contributed by atoms with E-state index in [4.69, 9.17) is 4.74 Å². The van der Waals surface area contributed by atoms with Crippen molar-refractivity contribution < 1.29 is 34.2 Å². The van der Waals surface area contributed by atoms with E-state index in [0.717, 1.165) is 19.3 Å². The van der Waals surface area contributed by atoms with Crippen LogP contribution in [-0.2, 0) is 9.59 Å². The Balaban J connectivity index is 2.11. The number of ether oxygens (including phenoxy) is 1. The van der Waals surface area contributed by atoms with Crippen molar-refractivity contribution in [3.05, 3.63) is 47.7 Å². The molecule has 0 saturated carbocycles. The first-order valence-electron chi connectivity index (χ1n) is 12.7. The molecule has 206 valence electrons. The number of carbonyl (C=O) groups is 4. The molecule has 2 aromatic rings. The molecule has 2 rings (SSSR count). The molecule has 0 saturated heterocycles. The van der Waals surface area contributed by atoms with Crippen molar-refractivity contribution in [2.24, 2.45) is 5.92 Å². The molecule has 0 aliphatic heterocycles. The van der Waals surface area contributed by atoms with Crippen molar-refractivity contribution >= 4 is 24.2 Å². The lowest BCUT2D eigenvalue weighted by Gasteiger charge is -2.29. The number of carbonyl (C=O) groups excluding carboxylic acids is 3. The highest BCUT2D eigenvalue weighted by Crippen LogP contribution is 2.25. The number of rotatable bonds is 16. The van der Waals surface area contributed by atoms with E-state index in [1.165, 1.54) is 18.2 Å². The van der Waals surface area contributed by atoms with Gasteiger partial charge in [0.25, 0.3) is 5.91 Å². The summed E-state index contributed by atoms with van der Waals surface area (Å²) in [6.45, 7) is 5.78. The Morgan fingerprint density at radius 1 is 1.11 bits per heavy atom. The van der Waals surface area contributed by atoms with E-state index < -0.39 is 23.8 Å². The van der Waals surface area contributed by atoms with Gasteiger partial charge in [0.05, 0.1) is 36.5 Å². The Kier molecular flexibility index (Phi) is 12.2. The fourth-order valence-electron chi connectivity index (χ4n) is 4.12. The molecule has 0 fully saturated rings. The summed E-state index contributed by atoms with van der Waals surface area (Å²) in [6.07, 6.45) is 3.79. The van der Waals surface area contributed by atoms with Gasteiger partial charge < -0.3 is 20.5 Å². The van der Waals surface area contributed by atoms with Gasteiger partial charge in [0.2, 0.25) is 12.3 Å². The Morgan fingerprint density at radius 2 is 1.87 bits per heavy atom. The maximum atomic E-state index is 12.9. The fraction of sp³-hybridized carbons (Fsp3) is 0.444. The van der Waals surface area contributed by atoms with Crippen LogP contribution in [0.3, 0.4) is 0 Å². The summed E-state index contributed by atoms with van der Waals surface area (Å²) in [6, 6.07) is 8.59. The third kappa shape index (κ3) is 8.55. The van der Waals surface area contributed by atoms with Crippen LogP contribution in [0, 0.1) is 5.92 Å². The summed E-state index contributed by atoms with van der Waals surface area (Å²) >= 11 is 0. The lowest BCUT2D eigenvalue weighted by atomic mass is 9.90. The molecule has 0 aliphatic carbocycles. The molecular weight excluding hydrogens is 492 g/mol. The molecule has 4 N–H and O–H groups in total. The molecule has 1 aromatic heterocycles. The Hall–Kier alpha value is -3.99. The SMILES string of the molecule is CCCCCC(C(=O)NCNC(=O)c1cccc(-c2cc(OCC)cc(C(=O)O)c2)n1)C(CC)N(O)C=O. The number of aromatic nitrogens is 1. The van der Waals surface area contributed by atoms with E-state index in [9.17, 15) is 29.5 Å². The van der Waals surface area contributed by atoms with E-state index in [1.807, 2.05) is 6.92 Å². The number of carboxylic acid groups (broad SMARTS) is 1. The molecular formula is C27H36N4O7. The summed E-state index contributed by atoms with van der Waals surface area (Å²) in [4.78, 5) is 52.6. The van der Waals surface area contributed by atoms with Crippen molar-refractivity contribution in [1.29, 1.82) is 0 Å². The van der Waals surface area contributed by atoms with Gasteiger partial charge in [0, 0.05) is 5.56 Å². The molecule has 0 aliphatic rings. The predicted molar refractivity (Wildman–Crippen MR) is 140 cm³/mol. The maximum absolute atomic E-state index is 12.9. The summed E-state index contributed by atoms with van der Waals surface area (Å²) < 4.78 is 5.46. The second-order valence-corrected chi connectivity index (χ2v) is 8.68. The zero-order valence-electron chi connectivity index (χ0n) is 22.0. The van der Waals surface area contributed by atoms with E-state index in [1.54, 1.807) is 32.0 Å². The number of aromatic carboxylic acids is 1. The summed E-state index contributed by atoms with van der Waals surface area (Å²) in [5, 5.41) is 25.1. The number of hydrogen-bond acceptors (Lipinski definition) is 7. The highest BCUT2D eigenvalue weighted by molar-refractivity contribution is 5.93. The Labute approximate surface area is 222 Å². The fourth-order valence-corrected chi connectivity index (χ4v) is 4.12. The first-order valence-corrected chi connectivity index (χ1v) is 12.7. The highest BCUT2D eigenvalue weighted by atomic mass is 16.5. The van der Waals surface area contributed by atoms with Crippen molar-refractivity contribution in [3.8, 4) is 17.0 Å². The molecule has 2 atom stereocenters. The van der Waals surface area contributed by atoms with Crippen LogP contribution in [0.25, 0.3) is 11.3 Å². The number of pyridine rings is 1. The third-order valence-corrected chi connectivity index (χ3v) is 6.04. The van der Waals surface area contributed by atoms with Gasteiger partial charge >= 0.3 is 5.97 Å². The van der Waals surface area contributed by atoms with E-state index in [2.05, 4.69) is 15.6 Å². The van der Waals surface area contributed by atoms with Crippen LogP contribution in [0.15, 0.2) is 36.4 Å². The van der Waals surface area contributed by atoms with Gasteiger partial charge in [-0.05, 0) is 50.1 Å². The summed E-state index contributed by atoms with van der Waals surface area (Å²) in [5.74, 6) is -2.31. The number of benzene rings is 1. The van der Waals surface area contributed by atoms with Crippen molar-refractivity contribution in [3.63, 3.8) is 0 Å². The zero-order chi connectivity index (χ0) is 28.1. The molecule has 11 heteroatoms. The molecule has 0 bridgehead atoms.